The lowest BCUT2D eigenvalue weighted by atomic mass is 10.2. The van der Waals surface area contributed by atoms with Gasteiger partial charge in [0.25, 0.3) is 5.91 Å². The largest absolute Gasteiger partial charge is 0.507 e. The lowest BCUT2D eigenvalue weighted by molar-refractivity contribution is 0.102. The summed E-state index contributed by atoms with van der Waals surface area (Å²) in [5.74, 6) is -0.0304. The summed E-state index contributed by atoms with van der Waals surface area (Å²) in [5, 5.41) is 12.9. The number of amides is 1. The number of nitrogens with one attached hydrogen (secondary N) is 1. The van der Waals surface area contributed by atoms with E-state index < -0.39 is 5.91 Å². The Morgan fingerprint density at radius 2 is 2.29 bits per heavy atom. The average Bonchev–Trinajstić information content (AvgIpc) is 2.63. The summed E-state index contributed by atoms with van der Waals surface area (Å²) in [6, 6.07) is 4.28. The van der Waals surface area contributed by atoms with Gasteiger partial charge in [0.1, 0.15) is 11.6 Å². The number of aryl methyl sites for hydroxylation is 1. The van der Waals surface area contributed by atoms with E-state index in [9.17, 15) is 9.90 Å². The first kappa shape index (κ1) is 11.8. The van der Waals surface area contributed by atoms with Crippen molar-refractivity contribution in [1.29, 1.82) is 0 Å². The van der Waals surface area contributed by atoms with Crippen LogP contribution in [0.2, 0.25) is 5.02 Å². The molecule has 0 atom stereocenters. The number of hydrogen-bond acceptors (Lipinski definition) is 5. The summed E-state index contributed by atoms with van der Waals surface area (Å²) in [5.41, 5.74) is 0.141. The highest BCUT2D eigenvalue weighted by molar-refractivity contribution is 7.09. The average molecular weight is 270 g/mol. The van der Waals surface area contributed by atoms with Gasteiger partial charge in [0.05, 0.1) is 5.56 Å². The number of rotatable bonds is 2. The van der Waals surface area contributed by atoms with Crippen LogP contribution in [0.1, 0.15) is 16.2 Å². The van der Waals surface area contributed by atoms with Gasteiger partial charge in [-0.25, -0.2) is 4.98 Å². The molecule has 17 heavy (non-hydrogen) atoms. The number of benzene rings is 1. The number of halogens is 1. The second kappa shape index (κ2) is 4.68. The minimum Gasteiger partial charge on any atom is -0.507 e. The third kappa shape index (κ3) is 2.72. The van der Waals surface area contributed by atoms with E-state index in [-0.39, 0.29) is 11.3 Å². The van der Waals surface area contributed by atoms with E-state index in [0.717, 1.165) is 11.5 Å². The van der Waals surface area contributed by atoms with E-state index in [1.807, 2.05) is 0 Å². The molecule has 0 saturated heterocycles. The number of anilines is 1. The molecular weight excluding hydrogens is 262 g/mol. The maximum Gasteiger partial charge on any atom is 0.261 e. The lowest BCUT2D eigenvalue weighted by Crippen LogP contribution is -2.11. The second-order valence-corrected chi connectivity index (χ2v) is 4.45. The van der Waals surface area contributed by atoms with Crippen LogP contribution in [0, 0.1) is 6.92 Å². The Morgan fingerprint density at radius 1 is 1.53 bits per heavy atom. The molecule has 0 radical (unpaired) electrons. The Balaban J connectivity index is 2.20. The highest BCUT2D eigenvalue weighted by atomic mass is 35.5. The standard InChI is InChI=1S/C10H8ClN3O2S/c1-5-12-10(17-14-5)13-9(16)7-3-2-6(11)4-8(7)15/h2-4,15H,1H3,(H,12,13,14,16). The van der Waals surface area contributed by atoms with Gasteiger partial charge in [-0.2, -0.15) is 4.37 Å². The van der Waals surface area contributed by atoms with Crippen LogP contribution in [0.5, 0.6) is 5.75 Å². The predicted octanol–water partition coefficient (Wildman–Crippen LogP) is 2.46. The van der Waals surface area contributed by atoms with Gasteiger partial charge in [-0.1, -0.05) is 11.6 Å². The smallest absolute Gasteiger partial charge is 0.261 e. The number of aromatic nitrogens is 2. The molecular formula is C10H8ClN3O2S. The summed E-state index contributed by atoms with van der Waals surface area (Å²) < 4.78 is 3.93. The number of carbonyl (C=O) groups is 1. The first-order valence-corrected chi connectivity index (χ1v) is 5.81. The molecule has 7 heteroatoms. The Bertz CT molecular complexity index is 570. The van der Waals surface area contributed by atoms with Crippen molar-refractivity contribution in [3.8, 4) is 5.75 Å². The normalized spacial score (nSPS) is 10.2. The van der Waals surface area contributed by atoms with Gasteiger partial charge in [0.2, 0.25) is 5.13 Å². The van der Waals surface area contributed by atoms with E-state index in [0.29, 0.717) is 16.0 Å². The van der Waals surface area contributed by atoms with Crippen molar-refractivity contribution in [2.75, 3.05) is 5.32 Å². The number of aromatic hydroxyl groups is 1. The first-order chi connectivity index (χ1) is 8.06. The molecule has 0 aliphatic rings. The Hall–Kier alpha value is -1.66. The maximum absolute atomic E-state index is 11.8. The van der Waals surface area contributed by atoms with Crippen LogP contribution >= 0.6 is 23.1 Å². The SMILES string of the molecule is Cc1nsc(NC(=O)c2ccc(Cl)cc2O)n1. The Morgan fingerprint density at radius 3 is 2.88 bits per heavy atom. The molecule has 0 fully saturated rings. The monoisotopic (exact) mass is 269 g/mol. The molecule has 5 nitrogen and oxygen atoms in total. The summed E-state index contributed by atoms with van der Waals surface area (Å²) in [6.07, 6.45) is 0. The summed E-state index contributed by atoms with van der Waals surface area (Å²) in [6.45, 7) is 1.73. The highest BCUT2D eigenvalue weighted by Crippen LogP contribution is 2.23. The molecule has 0 aliphatic heterocycles. The molecule has 0 aliphatic carbocycles. The molecule has 0 spiro atoms. The number of phenols is 1. The first-order valence-electron chi connectivity index (χ1n) is 4.66. The van der Waals surface area contributed by atoms with Crippen LogP contribution in [-0.2, 0) is 0 Å². The van der Waals surface area contributed by atoms with E-state index in [1.165, 1.54) is 18.2 Å². The fourth-order valence-electron chi connectivity index (χ4n) is 1.21. The van der Waals surface area contributed by atoms with Gasteiger partial charge in [0, 0.05) is 16.6 Å². The molecule has 2 N–H and O–H groups in total. The molecule has 2 rings (SSSR count). The Kier molecular flexibility index (Phi) is 3.26. The highest BCUT2D eigenvalue weighted by Gasteiger charge is 2.13. The lowest BCUT2D eigenvalue weighted by Gasteiger charge is -2.03. The molecule has 1 aromatic heterocycles. The number of nitrogens with zero attached hydrogens (tertiary/aromatic N) is 2. The van der Waals surface area contributed by atoms with Crippen LogP contribution in [0.3, 0.4) is 0 Å². The molecule has 2 aromatic rings. The van der Waals surface area contributed by atoms with Crippen LogP contribution in [0.15, 0.2) is 18.2 Å². The minimum absolute atomic E-state index is 0.141. The van der Waals surface area contributed by atoms with Crippen molar-refractivity contribution in [3.63, 3.8) is 0 Å². The number of carbonyl (C=O) groups excluding carboxylic acids is 1. The van der Waals surface area contributed by atoms with Gasteiger partial charge >= 0.3 is 0 Å². The van der Waals surface area contributed by atoms with Gasteiger partial charge in [0.15, 0.2) is 0 Å². The van der Waals surface area contributed by atoms with Gasteiger partial charge in [-0.05, 0) is 25.1 Å². The topological polar surface area (TPSA) is 75.1 Å². The van der Waals surface area contributed by atoms with Crippen molar-refractivity contribution in [1.82, 2.24) is 9.36 Å². The second-order valence-electron chi connectivity index (χ2n) is 3.26. The van der Waals surface area contributed by atoms with Crippen molar-refractivity contribution < 1.29 is 9.90 Å². The molecule has 1 amide bonds. The minimum atomic E-state index is -0.449. The third-order valence-electron chi connectivity index (χ3n) is 1.95. The third-order valence-corrected chi connectivity index (χ3v) is 2.91. The molecule has 1 heterocycles. The zero-order valence-corrected chi connectivity index (χ0v) is 10.3. The summed E-state index contributed by atoms with van der Waals surface area (Å²) in [4.78, 5) is 15.8. The Labute approximate surface area is 106 Å². The van der Waals surface area contributed by atoms with Crippen molar-refractivity contribution in [2.24, 2.45) is 0 Å². The van der Waals surface area contributed by atoms with Crippen LogP contribution in [0.25, 0.3) is 0 Å². The zero-order chi connectivity index (χ0) is 12.4. The summed E-state index contributed by atoms with van der Waals surface area (Å²) in [7, 11) is 0. The van der Waals surface area contributed by atoms with Crippen molar-refractivity contribution >= 4 is 34.2 Å². The van der Waals surface area contributed by atoms with E-state index in [1.54, 1.807) is 6.92 Å². The van der Waals surface area contributed by atoms with E-state index in [2.05, 4.69) is 14.7 Å². The van der Waals surface area contributed by atoms with E-state index in [4.69, 9.17) is 11.6 Å². The van der Waals surface area contributed by atoms with E-state index >= 15 is 0 Å². The molecule has 0 saturated carbocycles. The van der Waals surface area contributed by atoms with Crippen LogP contribution < -0.4 is 5.32 Å². The van der Waals surface area contributed by atoms with Crippen molar-refractivity contribution in [2.45, 2.75) is 6.92 Å². The maximum atomic E-state index is 11.8. The van der Waals surface area contributed by atoms with Gasteiger partial charge in [-0.15, -0.1) is 0 Å². The molecule has 1 aromatic carbocycles. The van der Waals surface area contributed by atoms with Crippen LogP contribution in [-0.4, -0.2) is 20.4 Å². The zero-order valence-electron chi connectivity index (χ0n) is 8.77. The summed E-state index contributed by atoms with van der Waals surface area (Å²) >= 11 is 6.75. The molecule has 88 valence electrons. The van der Waals surface area contributed by atoms with Gasteiger partial charge in [-0.3, -0.25) is 10.1 Å². The van der Waals surface area contributed by atoms with Crippen molar-refractivity contribution in [3.05, 3.63) is 34.6 Å². The van der Waals surface area contributed by atoms with Gasteiger partial charge < -0.3 is 5.11 Å². The fourth-order valence-corrected chi connectivity index (χ4v) is 1.95. The number of phenolic OH excluding ortho intramolecular Hbond substituents is 1. The molecule has 0 bridgehead atoms. The van der Waals surface area contributed by atoms with Crippen LogP contribution in [0.4, 0.5) is 5.13 Å². The predicted molar refractivity (Wildman–Crippen MR) is 65.7 cm³/mol. The number of hydrogen-bond donors (Lipinski definition) is 2. The fraction of sp³-hybridized carbons (Fsp3) is 0.100. The quantitative estimate of drug-likeness (QED) is 0.878. The molecule has 0 unspecified atom stereocenters.